The summed E-state index contributed by atoms with van der Waals surface area (Å²) in [5, 5.41) is 2.71. The van der Waals surface area contributed by atoms with Crippen LogP contribution in [-0.2, 0) is 11.2 Å². The lowest BCUT2D eigenvalue weighted by Gasteiger charge is -2.37. The third-order valence-electron chi connectivity index (χ3n) is 5.20. The number of nitrogens with zero attached hydrogens (tertiary/aromatic N) is 2. The molecule has 148 valence electrons. The Morgan fingerprint density at radius 3 is 2.52 bits per heavy atom. The molecule has 0 bridgehead atoms. The molecule has 0 saturated heterocycles. The van der Waals surface area contributed by atoms with Crippen LogP contribution in [0.15, 0.2) is 60.0 Å². The van der Waals surface area contributed by atoms with Gasteiger partial charge in [-0.2, -0.15) is 0 Å². The van der Waals surface area contributed by atoms with Gasteiger partial charge in [0.05, 0.1) is 23.4 Å². The van der Waals surface area contributed by atoms with Crippen molar-refractivity contribution in [2.45, 2.75) is 31.7 Å². The molecule has 6 heteroatoms. The van der Waals surface area contributed by atoms with Gasteiger partial charge in [0.2, 0.25) is 0 Å². The number of rotatable bonds is 6. The van der Waals surface area contributed by atoms with E-state index in [0.29, 0.717) is 23.4 Å². The van der Waals surface area contributed by atoms with Gasteiger partial charge in [0.1, 0.15) is 5.69 Å². The molecule has 0 radical (unpaired) electrons. The van der Waals surface area contributed by atoms with Gasteiger partial charge in [-0.05, 0) is 37.0 Å². The Labute approximate surface area is 174 Å². The first-order valence-electron chi connectivity index (χ1n) is 9.66. The molecule has 1 fully saturated rings. The molecule has 1 amide bonds. The zero-order valence-corrected chi connectivity index (χ0v) is 17.0. The van der Waals surface area contributed by atoms with Crippen LogP contribution in [0.5, 0.6) is 0 Å². The van der Waals surface area contributed by atoms with Crippen LogP contribution in [0, 0.1) is 0 Å². The molecule has 1 aliphatic rings. The lowest BCUT2D eigenvalue weighted by atomic mass is 9.90. The number of hydrogen-bond donors (Lipinski definition) is 0. The van der Waals surface area contributed by atoms with E-state index in [4.69, 9.17) is 4.74 Å². The molecule has 1 saturated carbocycles. The lowest BCUT2D eigenvalue weighted by molar-refractivity contribution is 0.0601. The molecule has 3 aromatic rings. The van der Waals surface area contributed by atoms with Crippen molar-refractivity contribution in [2.75, 3.05) is 12.0 Å². The third-order valence-corrected chi connectivity index (χ3v) is 6.05. The number of amides is 1. The molecule has 1 heterocycles. The number of hydrogen-bond acceptors (Lipinski definition) is 5. The van der Waals surface area contributed by atoms with Crippen molar-refractivity contribution in [3.63, 3.8) is 0 Å². The summed E-state index contributed by atoms with van der Waals surface area (Å²) in [4.78, 5) is 32.0. The molecule has 0 aliphatic heterocycles. The SMILES string of the molecule is COC(=O)c1ccccc1N(C(=O)c1csc(Cc2ccccc2)n1)C1CCC1. The van der Waals surface area contributed by atoms with Crippen molar-refractivity contribution in [3.05, 3.63) is 81.8 Å². The summed E-state index contributed by atoms with van der Waals surface area (Å²) in [6.45, 7) is 0. The third kappa shape index (κ3) is 4.07. The summed E-state index contributed by atoms with van der Waals surface area (Å²) in [6.07, 6.45) is 3.61. The molecule has 4 rings (SSSR count). The standard InChI is InChI=1S/C23H22N2O3S/c1-28-23(27)18-12-5-6-13-20(18)25(17-10-7-11-17)22(26)19-15-29-21(24-19)14-16-8-3-2-4-9-16/h2-6,8-9,12-13,15,17H,7,10-11,14H2,1H3. The second-order valence-electron chi connectivity index (χ2n) is 7.06. The lowest BCUT2D eigenvalue weighted by Crippen LogP contribution is -2.45. The number of carbonyl (C=O) groups is 2. The Balaban J connectivity index is 1.64. The normalized spacial score (nSPS) is 13.6. The minimum absolute atomic E-state index is 0.0765. The fraction of sp³-hybridized carbons (Fsp3) is 0.261. The van der Waals surface area contributed by atoms with E-state index in [9.17, 15) is 9.59 Å². The van der Waals surface area contributed by atoms with Gasteiger partial charge in [0.15, 0.2) is 0 Å². The van der Waals surface area contributed by atoms with Gasteiger partial charge in [-0.15, -0.1) is 11.3 Å². The summed E-state index contributed by atoms with van der Waals surface area (Å²) in [6, 6.07) is 17.3. The maximum Gasteiger partial charge on any atom is 0.339 e. The van der Waals surface area contributed by atoms with E-state index >= 15 is 0 Å². The topological polar surface area (TPSA) is 59.5 Å². The van der Waals surface area contributed by atoms with Crippen LogP contribution in [0.2, 0.25) is 0 Å². The molecule has 1 aromatic heterocycles. The predicted octanol–water partition coefficient (Wildman–Crippen LogP) is 4.72. The number of carbonyl (C=O) groups excluding carboxylic acids is 2. The first-order chi connectivity index (χ1) is 14.2. The summed E-state index contributed by atoms with van der Waals surface area (Å²) in [5.74, 6) is -0.609. The smallest absolute Gasteiger partial charge is 0.339 e. The average Bonchev–Trinajstić information content (AvgIpc) is 3.19. The van der Waals surface area contributed by atoms with Crippen LogP contribution in [0.25, 0.3) is 0 Å². The van der Waals surface area contributed by atoms with Crippen LogP contribution in [-0.4, -0.2) is 30.0 Å². The average molecular weight is 407 g/mol. The Morgan fingerprint density at radius 2 is 1.83 bits per heavy atom. The van der Waals surface area contributed by atoms with Crippen LogP contribution in [0.4, 0.5) is 5.69 Å². The molecule has 0 atom stereocenters. The van der Waals surface area contributed by atoms with Gasteiger partial charge in [0, 0.05) is 17.8 Å². The van der Waals surface area contributed by atoms with Crippen LogP contribution in [0.1, 0.15) is 50.7 Å². The Hall–Kier alpha value is -2.99. The van der Waals surface area contributed by atoms with Crippen LogP contribution >= 0.6 is 11.3 Å². The molecule has 29 heavy (non-hydrogen) atoms. The second kappa shape index (κ2) is 8.57. The number of methoxy groups -OCH3 is 1. The van der Waals surface area contributed by atoms with Crippen molar-refractivity contribution >= 4 is 28.9 Å². The molecule has 5 nitrogen and oxygen atoms in total. The fourth-order valence-electron chi connectivity index (χ4n) is 3.47. The minimum Gasteiger partial charge on any atom is -0.465 e. The fourth-order valence-corrected chi connectivity index (χ4v) is 4.27. The van der Waals surface area contributed by atoms with Crippen molar-refractivity contribution < 1.29 is 14.3 Å². The van der Waals surface area contributed by atoms with Crippen molar-refractivity contribution in [3.8, 4) is 0 Å². The van der Waals surface area contributed by atoms with Gasteiger partial charge < -0.3 is 9.64 Å². The number of benzene rings is 2. The Kier molecular flexibility index (Phi) is 5.71. The largest absolute Gasteiger partial charge is 0.465 e. The van der Waals surface area contributed by atoms with E-state index in [0.717, 1.165) is 29.8 Å². The van der Waals surface area contributed by atoms with Gasteiger partial charge in [0.25, 0.3) is 5.91 Å². The van der Waals surface area contributed by atoms with Crippen molar-refractivity contribution in [2.24, 2.45) is 0 Å². The van der Waals surface area contributed by atoms with Crippen molar-refractivity contribution in [1.29, 1.82) is 0 Å². The minimum atomic E-state index is -0.444. The zero-order chi connectivity index (χ0) is 20.2. The maximum atomic E-state index is 13.4. The van der Waals surface area contributed by atoms with E-state index in [1.54, 1.807) is 23.1 Å². The molecule has 1 aliphatic carbocycles. The Morgan fingerprint density at radius 1 is 1.10 bits per heavy atom. The van der Waals surface area contributed by atoms with Gasteiger partial charge in [-0.3, -0.25) is 4.79 Å². The first kappa shape index (κ1) is 19.3. The summed E-state index contributed by atoms with van der Waals surface area (Å²) < 4.78 is 4.92. The molecular formula is C23H22N2O3S. The highest BCUT2D eigenvalue weighted by Crippen LogP contribution is 2.33. The number of aromatic nitrogens is 1. The van der Waals surface area contributed by atoms with Crippen molar-refractivity contribution in [1.82, 2.24) is 4.98 Å². The summed E-state index contributed by atoms with van der Waals surface area (Å²) >= 11 is 1.49. The number of para-hydroxylation sites is 1. The molecule has 0 spiro atoms. The maximum absolute atomic E-state index is 13.4. The predicted molar refractivity (Wildman–Crippen MR) is 114 cm³/mol. The summed E-state index contributed by atoms with van der Waals surface area (Å²) in [7, 11) is 1.35. The van der Waals surface area contributed by atoms with Gasteiger partial charge in [-0.1, -0.05) is 42.5 Å². The van der Waals surface area contributed by atoms with E-state index in [-0.39, 0.29) is 11.9 Å². The van der Waals surface area contributed by atoms with E-state index < -0.39 is 5.97 Å². The number of anilines is 1. The van der Waals surface area contributed by atoms with E-state index in [1.807, 2.05) is 29.6 Å². The Bertz CT molecular complexity index is 1010. The molecular weight excluding hydrogens is 384 g/mol. The molecule has 0 unspecified atom stereocenters. The van der Waals surface area contributed by atoms with Gasteiger partial charge in [-0.25, -0.2) is 9.78 Å². The highest BCUT2D eigenvalue weighted by atomic mass is 32.1. The molecule has 2 aromatic carbocycles. The summed E-state index contributed by atoms with van der Waals surface area (Å²) in [5.41, 5.74) is 2.57. The highest BCUT2D eigenvalue weighted by Gasteiger charge is 2.34. The number of thiazole rings is 1. The van der Waals surface area contributed by atoms with E-state index in [1.165, 1.54) is 18.4 Å². The van der Waals surface area contributed by atoms with Gasteiger partial charge >= 0.3 is 5.97 Å². The first-order valence-corrected chi connectivity index (χ1v) is 10.5. The van der Waals surface area contributed by atoms with Crippen LogP contribution in [0.3, 0.4) is 0 Å². The number of esters is 1. The van der Waals surface area contributed by atoms with E-state index in [2.05, 4.69) is 17.1 Å². The monoisotopic (exact) mass is 406 g/mol. The highest BCUT2D eigenvalue weighted by molar-refractivity contribution is 7.09. The molecule has 0 N–H and O–H groups in total. The van der Waals surface area contributed by atoms with Crippen LogP contribution < -0.4 is 4.90 Å². The quantitative estimate of drug-likeness (QED) is 0.556. The second-order valence-corrected chi connectivity index (χ2v) is 8.00. The number of ether oxygens (including phenoxy) is 1. The zero-order valence-electron chi connectivity index (χ0n) is 16.2.